The second-order valence-corrected chi connectivity index (χ2v) is 7.71. The molecule has 1 aromatic heterocycles. The maximum absolute atomic E-state index is 12.4. The number of aryl methyl sites for hydroxylation is 1. The van der Waals surface area contributed by atoms with Gasteiger partial charge in [-0.15, -0.1) is 11.3 Å². The zero-order valence-electron chi connectivity index (χ0n) is 12.6. The first kappa shape index (κ1) is 17.6. The number of fused-ring (bicyclic) bond motifs is 1. The Morgan fingerprint density at radius 1 is 1.18 bits per heavy atom. The molecule has 0 radical (unpaired) electrons. The third-order valence-corrected chi connectivity index (χ3v) is 5.01. The molecule has 0 bridgehead atoms. The Hall–Kier alpha value is -0.780. The van der Waals surface area contributed by atoms with Gasteiger partial charge >= 0.3 is 5.97 Å². The normalized spacial score (nSPS) is 14.6. The number of rotatable bonds is 4. The molecule has 0 fully saturated rings. The van der Waals surface area contributed by atoms with Crippen LogP contribution in [0.3, 0.4) is 0 Å². The molecule has 0 saturated carbocycles. The van der Waals surface area contributed by atoms with Gasteiger partial charge in [0.1, 0.15) is 5.00 Å². The van der Waals surface area contributed by atoms with E-state index in [1.165, 1.54) is 11.3 Å². The van der Waals surface area contributed by atoms with Crippen molar-refractivity contribution < 1.29 is 14.3 Å². The van der Waals surface area contributed by atoms with Gasteiger partial charge in [-0.2, -0.15) is 0 Å². The Labute approximate surface area is 144 Å². The van der Waals surface area contributed by atoms with Crippen molar-refractivity contribution in [2.75, 3.05) is 5.32 Å². The Morgan fingerprint density at radius 2 is 1.86 bits per heavy atom. The van der Waals surface area contributed by atoms with E-state index in [0.717, 1.165) is 42.5 Å². The van der Waals surface area contributed by atoms with Crippen LogP contribution in [0.5, 0.6) is 0 Å². The molecule has 1 N–H and O–H groups in total. The van der Waals surface area contributed by atoms with Crippen LogP contribution in [-0.4, -0.2) is 22.8 Å². The summed E-state index contributed by atoms with van der Waals surface area (Å²) < 4.78 is 5.33. The van der Waals surface area contributed by atoms with Gasteiger partial charge in [0.2, 0.25) is 0 Å². The summed E-state index contributed by atoms with van der Waals surface area (Å²) >= 11 is 12.6. The number of hydrogen-bond donors (Lipinski definition) is 1. The molecule has 22 heavy (non-hydrogen) atoms. The summed E-state index contributed by atoms with van der Waals surface area (Å²) in [6.07, 6.45) is 4.80. The predicted octanol–water partition coefficient (Wildman–Crippen LogP) is 4.32. The minimum absolute atomic E-state index is 0.216. The molecule has 2 rings (SSSR count). The molecule has 122 valence electrons. The molecule has 1 aromatic rings. The fourth-order valence-corrected chi connectivity index (χ4v) is 3.88. The molecule has 0 spiro atoms. The van der Waals surface area contributed by atoms with Gasteiger partial charge in [-0.1, -0.05) is 29.6 Å². The molecule has 1 aliphatic carbocycles. The van der Waals surface area contributed by atoms with Crippen LogP contribution in [-0.2, 0) is 22.4 Å². The molecular weight excluding hydrogens is 345 g/mol. The highest BCUT2D eigenvalue weighted by atomic mass is 35.5. The van der Waals surface area contributed by atoms with Crippen LogP contribution < -0.4 is 5.32 Å². The molecule has 0 atom stereocenters. The number of carbonyl (C=O) groups is 2. The first-order valence-electron chi connectivity index (χ1n) is 7.34. The van der Waals surface area contributed by atoms with Crippen LogP contribution in [0.1, 0.15) is 53.9 Å². The van der Waals surface area contributed by atoms with E-state index in [-0.39, 0.29) is 6.10 Å². The fraction of sp³-hybridized carbons (Fsp3) is 0.600. The summed E-state index contributed by atoms with van der Waals surface area (Å²) in [7, 11) is 0. The average molecular weight is 364 g/mol. The number of alkyl halides is 2. The second kappa shape index (κ2) is 7.66. The SMILES string of the molecule is CC(C)OC(=O)c1c(NC(=O)C(Cl)Cl)sc2c1CCCCC2. The molecule has 0 aliphatic heterocycles. The summed E-state index contributed by atoms with van der Waals surface area (Å²) in [5.41, 5.74) is 1.47. The van der Waals surface area contributed by atoms with Crippen LogP contribution in [0.4, 0.5) is 5.00 Å². The second-order valence-electron chi connectivity index (χ2n) is 5.51. The maximum atomic E-state index is 12.4. The summed E-state index contributed by atoms with van der Waals surface area (Å²) in [6.45, 7) is 3.60. The minimum atomic E-state index is -1.17. The third kappa shape index (κ3) is 4.15. The lowest BCUT2D eigenvalue weighted by Crippen LogP contribution is -2.21. The van der Waals surface area contributed by atoms with E-state index in [0.29, 0.717) is 10.6 Å². The van der Waals surface area contributed by atoms with E-state index in [9.17, 15) is 9.59 Å². The number of nitrogens with one attached hydrogen (secondary N) is 1. The predicted molar refractivity (Wildman–Crippen MR) is 90.3 cm³/mol. The van der Waals surface area contributed by atoms with Crippen molar-refractivity contribution in [1.82, 2.24) is 0 Å². The molecular formula is C15H19Cl2NO3S. The lowest BCUT2D eigenvalue weighted by atomic mass is 10.1. The van der Waals surface area contributed by atoms with Gasteiger partial charge in [-0.3, -0.25) is 4.79 Å². The Balaban J connectivity index is 2.39. The molecule has 7 heteroatoms. The third-order valence-electron chi connectivity index (χ3n) is 3.40. The van der Waals surface area contributed by atoms with Crippen molar-refractivity contribution >= 4 is 51.4 Å². The Kier molecular flexibility index (Phi) is 6.12. The smallest absolute Gasteiger partial charge is 0.341 e. The molecule has 1 amide bonds. The van der Waals surface area contributed by atoms with Gasteiger partial charge in [-0.05, 0) is 45.1 Å². The van der Waals surface area contributed by atoms with Gasteiger partial charge in [-0.25, -0.2) is 4.79 Å². The van der Waals surface area contributed by atoms with Crippen LogP contribution in [0.15, 0.2) is 0 Å². The summed E-state index contributed by atoms with van der Waals surface area (Å²) in [4.78, 5) is 24.2. The lowest BCUT2D eigenvalue weighted by molar-refractivity contribution is -0.114. The van der Waals surface area contributed by atoms with Gasteiger partial charge in [0, 0.05) is 4.88 Å². The van der Waals surface area contributed by atoms with Crippen molar-refractivity contribution in [2.24, 2.45) is 0 Å². The quantitative estimate of drug-likeness (QED) is 0.492. The van der Waals surface area contributed by atoms with E-state index in [1.54, 1.807) is 13.8 Å². The molecule has 1 heterocycles. The highest BCUT2D eigenvalue weighted by Crippen LogP contribution is 2.38. The maximum Gasteiger partial charge on any atom is 0.341 e. The van der Waals surface area contributed by atoms with Crippen molar-refractivity contribution in [2.45, 2.75) is 56.9 Å². The van der Waals surface area contributed by atoms with Gasteiger partial charge in [0.15, 0.2) is 4.84 Å². The number of thiophene rings is 1. The molecule has 0 unspecified atom stereocenters. The van der Waals surface area contributed by atoms with E-state index in [4.69, 9.17) is 27.9 Å². The van der Waals surface area contributed by atoms with Crippen LogP contribution in [0.2, 0.25) is 0 Å². The van der Waals surface area contributed by atoms with Crippen molar-refractivity contribution in [3.63, 3.8) is 0 Å². The average Bonchev–Trinajstić information content (AvgIpc) is 2.60. The number of amides is 1. The highest BCUT2D eigenvalue weighted by molar-refractivity contribution is 7.17. The van der Waals surface area contributed by atoms with E-state index >= 15 is 0 Å². The van der Waals surface area contributed by atoms with Crippen LogP contribution >= 0.6 is 34.5 Å². The fourth-order valence-electron chi connectivity index (χ4n) is 2.49. The molecule has 0 aromatic carbocycles. The zero-order chi connectivity index (χ0) is 16.3. The van der Waals surface area contributed by atoms with Crippen molar-refractivity contribution in [3.05, 3.63) is 16.0 Å². The molecule has 0 saturated heterocycles. The summed E-state index contributed by atoms with van der Waals surface area (Å²) in [6, 6.07) is 0. The monoisotopic (exact) mass is 363 g/mol. The number of ether oxygens (including phenoxy) is 1. The zero-order valence-corrected chi connectivity index (χ0v) is 14.9. The minimum Gasteiger partial charge on any atom is -0.459 e. The summed E-state index contributed by atoms with van der Waals surface area (Å²) in [5.74, 6) is -0.927. The first-order chi connectivity index (χ1) is 10.4. The van der Waals surface area contributed by atoms with Crippen molar-refractivity contribution in [3.8, 4) is 0 Å². The number of halogens is 2. The largest absolute Gasteiger partial charge is 0.459 e. The standard InChI is InChI=1S/C15H19Cl2NO3S/c1-8(2)21-15(20)11-9-6-4-3-5-7-10(9)22-14(11)18-13(19)12(16)17/h8,12H,3-7H2,1-2H3,(H,18,19). The number of hydrogen-bond acceptors (Lipinski definition) is 4. The first-order valence-corrected chi connectivity index (χ1v) is 9.03. The van der Waals surface area contributed by atoms with Crippen molar-refractivity contribution in [1.29, 1.82) is 0 Å². The van der Waals surface area contributed by atoms with E-state index in [1.807, 2.05) is 0 Å². The molecule has 1 aliphatic rings. The van der Waals surface area contributed by atoms with E-state index in [2.05, 4.69) is 5.32 Å². The highest BCUT2D eigenvalue weighted by Gasteiger charge is 2.28. The summed E-state index contributed by atoms with van der Waals surface area (Å²) in [5, 5.41) is 3.15. The van der Waals surface area contributed by atoms with Gasteiger partial charge in [0.05, 0.1) is 11.7 Å². The Morgan fingerprint density at radius 3 is 2.50 bits per heavy atom. The lowest BCUT2D eigenvalue weighted by Gasteiger charge is -2.11. The number of esters is 1. The molecule has 4 nitrogen and oxygen atoms in total. The topological polar surface area (TPSA) is 55.4 Å². The van der Waals surface area contributed by atoms with Crippen LogP contribution in [0.25, 0.3) is 0 Å². The van der Waals surface area contributed by atoms with Gasteiger partial charge in [0.25, 0.3) is 5.91 Å². The number of anilines is 1. The number of carbonyl (C=O) groups excluding carboxylic acids is 2. The van der Waals surface area contributed by atoms with Gasteiger partial charge < -0.3 is 10.1 Å². The Bertz CT molecular complexity index is 569. The van der Waals surface area contributed by atoms with Crippen LogP contribution in [0, 0.1) is 0 Å². The van der Waals surface area contributed by atoms with E-state index < -0.39 is 16.7 Å².